The lowest BCUT2D eigenvalue weighted by atomic mass is 10.3. The van der Waals surface area contributed by atoms with Crippen LogP contribution in [-0.2, 0) is 10.2 Å². The normalized spacial score (nSPS) is 13.0. The van der Waals surface area contributed by atoms with E-state index >= 15 is 0 Å². The monoisotopic (exact) mass is 396 g/mol. The maximum Gasteiger partial charge on any atom is 0.313 e. The van der Waals surface area contributed by atoms with E-state index in [1.807, 2.05) is 0 Å². The van der Waals surface area contributed by atoms with Gasteiger partial charge >= 0.3 is 10.2 Å². The van der Waals surface area contributed by atoms with Gasteiger partial charge in [0.25, 0.3) is 0 Å². The lowest BCUT2D eigenvalue weighted by Gasteiger charge is -2.31. The minimum atomic E-state index is -3.82. The summed E-state index contributed by atoms with van der Waals surface area (Å²) in [6.45, 7) is 0. The maximum atomic E-state index is 12.4. The zero-order chi connectivity index (χ0) is 15.6. The van der Waals surface area contributed by atoms with Crippen LogP contribution in [0, 0.1) is 0 Å². The Morgan fingerprint density at radius 3 is 2.05 bits per heavy atom. The second kappa shape index (κ2) is 7.13. The van der Waals surface area contributed by atoms with E-state index in [1.54, 1.807) is 30.3 Å². The highest BCUT2D eigenvalue weighted by molar-refractivity contribution is 8.16. The summed E-state index contributed by atoms with van der Waals surface area (Å²) in [5.41, 5.74) is 0.380. The van der Waals surface area contributed by atoms with Gasteiger partial charge in [-0.1, -0.05) is 41.4 Å². The van der Waals surface area contributed by atoms with E-state index in [-0.39, 0.29) is 0 Å². The Labute approximate surface area is 143 Å². The molecule has 1 aromatic carbocycles. The van der Waals surface area contributed by atoms with Gasteiger partial charge in [-0.05, 0) is 12.1 Å². The molecule has 10 heteroatoms. The standard InChI is InChI=1S/C10H12Cl4N2O2S2/c1-15(2)20(17,18)16(8-6-4-3-5-7-8)19-10(13,14)9(11)12/h3-7,9H,1-2H3. The van der Waals surface area contributed by atoms with Gasteiger partial charge < -0.3 is 0 Å². The molecule has 0 radical (unpaired) electrons. The fraction of sp³-hybridized carbons (Fsp3) is 0.400. The molecule has 0 saturated heterocycles. The van der Waals surface area contributed by atoms with Gasteiger partial charge in [-0.3, -0.25) is 0 Å². The molecule has 0 fully saturated rings. The third-order valence-corrected chi connectivity index (χ3v) is 7.50. The van der Waals surface area contributed by atoms with E-state index in [0.717, 1.165) is 8.02 Å². The maximum absolute atomic E-state index is 12.4. The molecule has 0 aromatic heterocycles. The van der Waals surface area contributed by atoms with Crippen LogP contribution in [0.4, 0.5) is 5.69 Å². The molecule has 114 valence electrons. The zero-order valence-corrected chi connectivity index (χ0v) is 15.2. The van der Waals surface area contributed by atoms with Crippen LogP contribution in [0.1, 0.15) is 0 Å². The van der Waals surface area contributed by atoms with E-state index in [9.17, 15) is 8.42 Å². The van der Waals surface area contributed by atoms with Crippen LogP contribution in [0.15, 0.2) is 30.3 Å². The molecule has 0 aliphatic rings. The Morgan fingerprint density at radius 2 is 1.65 bits per heavy atom. The molecule has 0 bridgehead atoms. The van der Waals surface area contributed by atoms with Crippen molar-refractivity contribution in [1.29, 1.82) is 0 Å². The number of anilines is 1. The summed E-state index contributed by atoms with van der Waals surface area (Å²) in [7, 11) is -1.02. The van der Waals surface area contributed by atoms with Gasteiger partial charge in [0.1, 0.15) is 0 Å². The summed E-state index contributed by atoms with van der Waals surface area (Å²) in [5.74, 6) is 0. The molecule has 0 aliphatic heterocycles. The molecule has 20 heavy (non-hydrogen) atoms. The summed E-state index contributed by atoms with van der Waals surface area (Å²) >= 11 is 23.9. The molecule has 0 heterocycles. The van der Waals surface area contributed by atoms with Crippen molar-refractivity contribution >= 4 is 74.2 Å². The fourth-order valence-electron chi connectivity index (χ4n) is 1.08. The number of nitrogens with zero attached hydrogens (tertiary/aromatic N) is 2. The lowest BCUT2D eigenvalue weighted by Crippen LogP contribution is -2.39. The molecule has 0 saturated carbocycles. The lowest BCUT2D eigenvalue weighted by molar-refractivity contribution is 0.523. The Balaban J connectivity index is 3.24. The number of benzene rings is 1. The third-order valence-electron chi connectivity index (χ3n) is 2.10. The number of alkyl halides is 4. The van der Waals surface area contributed by atoms with Crippen LogP contribution < -0.4 is 3.71 Å². The van der Waals surface area contributed by atoms with Crippen molar-refractivity contribution in [2.75, 3.05) is 17.8 Å². The average molecular weight is 398 g/mol. The highest BCUT2D eigenvalue weighted by Crippen LogP contribution is 2.46. The van der Waals surface area contributed by atoms with Crippen LogP contribution in [0.3, 0.4) is 0 Å². The Bertz CT molecular complexity index is 537. The fourth-order valence-corrected chi connectivity index (χ4v) is 4.32. The van der Waals surface area contributed by atoms with Crippen LogP contribution in [0.5, 0.6) is 0 Å². The minimum Gasteiger partial charge on any atom is -0.196 e. The smallest absolute Gasteiger partial charge is 0.196 e. The van der Waals surface area contributed by atoms with Crippen molar-refractivity contribution in [3.63, 3.8) is 0 Å². The molecular weight excluding hydrogens is 386 g/mol. The molecule has 0 amide bonds. The number of para-hydroxylation sites is 1. The molecule has 0 unspecified atom stereocenters. The van der Waals surface area contributed by atoms with Gasteiger partial charge in [0.15, 0.2) is 4.84 Å². The predicted octanol–water partition coefficient (Wildman–Crippen LogP) is 3.88. The van der Waals surface area contributed by atoms with Crippen molar-refractivity contribution < 1.29 is 8.42 Å². The van der Waals surface area contributed by atoms with E-state index in [4.69, 9.17) is 46.4 Å². The second-order valence-corrected chi connectivity index (χ2v) is 10.2. The molecular formula is C10H12Cl4N2O2S2. The van der Waals surface area contributed by atoms with Crippen molar-refractivity contribution in [1.82, 2.24) is 4.31 Å². The summed E-state index contributed by atoms with van der Waals surface area (Å²) in [5, 5.41) is 0. The molecule has 0 N–H and O–H groups in total. The van der Waals surface area contributed by atoms with Crippen molar-refractivity contribution in [2.45, 2.75) is 8.50 Å². The minimum absolute atomic E-state index is 0.380. The van der Waals surface area contributed by atoms with Crippen molar-refractivity contribution in [3.8, 4) is 0 Å². The van der Waals surface area contributed by atoms with Gasteiger partial charge in [-0.25, -0.2) is 0 Å². The van der Waals surface area contributed by atoms with Crippen LogP contribution in [-0.4, -0.2) is 35.3 Å². The molecule has 1 aromatic rings. The topological polar surface area (TPSA) is 40.6 Å². The van der Waals surface area contributed by atoms with Gasteiger partial charge in [-0.2, -0.15) is 16.4 Å². The zero-order valence-electron chi connectivity index (χ0n) is 10.5. The van der Waals surface area contributed by atoms with Crippen LogP contribution in [0.25, 0.3) is 0 Å². The number of hydrogen-bond acceptors (Lipinski definition) is 3. The molecule has 4 nitrogen and oxygen atoms in total. The molecule has 0 aliphatic carbocycles. The van der Waals surface area contributed by atoms with Crippen LogP contribution >= 0.6 is 58.4 Å². The third kappa shape index (κ3) is 4.47. The van der Waals surface area contributed by atoms with Crippen molar-refractivity contribution in [2.24, 2.45) is 0 Å². The summed E-state index contributed by atoms with van der Waals surface area (Å²) in [6.07, 6.45) is 0. The van der Waals surface area contributed by atoms with Gasteiger partial charge in [0.05, 0.1) is 5.69 Å². The first-order valence-corrected chi connectivity index (χ1v) is 9.02. The SMILES string of the molecule is CN(C)S(=O)(=O)N(SC(Cl)(Cl)C(Cl)Cl)c1ccccc1. The molecule has 0 atom stereocenters. The first-order valence-electron chi connectivity index (χ1n) is 5.22. The van der Waals surface area contributed by atoms with E-state index in [1.165, 1.54) is 14.1 Å². The average Bonchev–Trinajstić information content (AvgIpc) is 2.36. The highest BCUT2D eigenvalue weighted by atomic mass is 35.5. The summed E-state index contributed by atoms with van der Waals surface area (Å²) < 4.78 is 25.0. The summed E-state index contributed by atoms with van der Waals surface area (Å²) in [4.78, 5) is -1.18. The highest BCUT2D eigenvalue weighted by Gasteiger charge is 2.40. The Morgan fingerprint density at radius 1 is 1.15 bits per heavy atom. The van der Waals surface area contributed by atoms with Crippen LogP contribution in [0.2, 0.25) is 0 Å². The largest absolute Gasteiger partial charge is 0.313 e. The number of halogens is 4. The number of rotatable bonds is 6. The first kappa shape index (κ1) is 18.5. The van der Waals surface area contributed by atoms with Gasteiger partial charge in [-0.15, -0.1) is 23.2 Å². The Hall–Kier alpha value is 0.440. The van der Waals surface area contributed by atoms with Gasteiger partial charge in [0, 0.05) is 26.0 Å². The van der Waals surface area contributed by atoms with Gasteiger partial charge in [0.2, 0.25) is 3.67 Å². The molecule has 1 rings (SSSR count). The molecule has 0 spiro atoms. The predicted molar refractivity (Wildman–Crippen MR) is 89.0 cm³/mol. The number of hydrogen-bond donors (Lipinski definition) is 0. The van der Waals surface area contributed by atoms with Crippen molar-refractivity contribution in [3.05, 3.63) is 30.3 Å². The second-order valence-electron chi connectivity index (χ2n) is 3.81. The quantitative estimate of drug-likeness (QED) is 0.540. The summed E-state index contributed by atoms with van der Waals surface area (Å²) in [6, 6.07) is 8.36. The first-order chi connectivity index (χ1) is 9.09. The Kier molecular flexibility index (Phi) is 6.59. The van der Waals surface area contributed by atoms with E-state index < -0.39 is 18.7 Å². The van der Waals surface area contributed by atoms with E-state index in [2.05, 4.69) is 0 Å². The van der Waals surface area contributed by atoms with E-state index in [0.29, 0.717) is 17.6 Å².